The van der Waals surface area contributed by atoms with Crippen molar-refractivity contribution in [2.24, 2.45) is 0 Å². The number of nitrogen functional groups attached to an aromatic ring is 1. The van der Waals surface area contributed by atoms with Crippen molar-refractivity contribution < 1.29 is 31.5 Å². The Morgan fingerprint density at radius 2 is 1.91 bits per heavy atom. The summed E-state index contributed by atoms with van der Waals surface area (Å²) in [5.41, 5.74) is 3.66. The maximum absolute atomic E-state index is 16.9. The van der Waals surface area contributed by atoms with Crippen molar-refractivity contribution in [2.75, 3.05) is 50.5 Å². The Morgan fingerprint density at radius 3 is 2.62 bits per heavy atom. The van der Waals surface area contributed by atoms with Gasteiger partial charge >= 0.3 is 6.18 Å². The third kappa shape index (κ3) is 5.35. The van der Waals surface area contributed by atoms with E-state index < -0.39 is 34.8 Å². The molecule has 14 heteroatoms. The Balaban J connectivity index is 1.41. The Hall–Kier alpha value is -4.04. The number of nitrogens with zero attached hydrogens (tertiary/aromatic N) is 4. The Kier molecular flexibility index (Phi) is 7.78. The molecule has 0 spiro atoms. The molecule has 0 radical (unpaired) electrons. The fourth-order valence-electron chi connectivity index (χ4n) is 7.70. The highest BCUT2D eigenvalue weighted by Crippen LogP contribution is 2.48. The lowest BCUT2D eigenvalue weighted by molar-refractivity contribution is -0.137. The van der Waals surface area contributed by atoms with Gasteiger partial charge < -0.3 is 25.7 Å². The van der Waals surface area contributed by atoms with E-state index in [1.54, 1.807) is 18.0 Å². The number of benzene rings is 3. The summed E-state index contributed by atoms with van der Waals surface area (Å²) >= 11 is 0.778. The number of amides is 1. The molecule has 3 aromatic carbocycles. The summed E-state index contributed by atoms with van der Waals surface area (Å²) < 4.78 is 82.5. The molecule has 3 N–H and O–H groups in total. The van der Waals surface area contributed by atoms with Gasteiger partial charge in [-0.25, -0.2) is 13.8 Å². The van der Waals surface area contributed by atoms with Crippen LogP contribution in [0.2, 0.25) is 0 Å². The van der Waals surface area contributed by atoms with Crippen molar-refractivity contribution in [2.45, 2.75) is 49.9 Å². The summed E-state index contributed by atoms with van der Waals surface area (Å²) in [4.78, 5) is 22.0. The van der Waals surface area contributed by atoms with Gasteiger partial charge in [0.15, 0.2) is 5.13 Å². The highest BCUT2D eigenvalue weighted by molar-refractivity contribution is 7.22. The predicted molar refractivity (Wildman–Crippen MR) is 172 cm³/mol. The molecule has 248 valence electrons. The van der Waals surface area contributed by atoms with Crippen LogP contribution in [0.25, 0.3) is 32.1 Å². The van der Waals surface area contributed by atoms with Crippen LogP contribution >= 0.6 is 11.3 Å². The van der Waals surface area contributed by atoms with E-state index in [9.17, 15) is 22.4 Å². The molecule has 0 bridgehead atoms. The minimum absolute atomic E-state index is 0.0166. The first kappa shape index (κ1) is 31.6. The number of ether oxygens (including phenoxy) is 1. The first-order valence-electron chi connectivity index (χ1n) is 15.5. The fraction of sp³-hybridized carbons (Fsp3) is 0.424. The van der Waals surface area contributed by atoms with Gasteiger partial charge in [0.25, 0.3) is 5.91 Å². The number of hydrogen-bond donors (Lipinski definition) is 2. The third-order valence-electron chi connectivity index (χ3n) is 10.1. The predicted octanol–water partition coefficient (Wildman–Crippen LogP) is 6.69. The van der Waals surface area contributed by atoms with Gasteiger partial charge in [-0.2, -0.15) is 13.2 Å². The van der Waals surface area contributed by atoms with E-state index in [0.717, 1.165) is 74.5 Å². The number of likely N-dealkylation sites (N-methyl/N-ethyl adjacent to an activating group) is 1. The lowest BCUT2D eigenvalue weighted by atomic mass is 9.92. The molecule has 1 atom stereocenters. The molecule has 1 amide bonds. The molecule has 47 heavy (non-hydrogen) atoms. The normalized spacial score (nSPS) is 19.5. The molecule has 3 fully saturated rings. The van der Waals surface area contributed by atoms with E-state index >= 15 is 4.39 Å². The second kappa shape index (κ2) is 11.6. The van der Waals surface area contributed by atoms with Crippen LogP contribution in [0.5, 0.6) is 5.75 Å². The number of carbonyl (C=O) groups is 1. The number of halogens is 5. The highest BCUT2D eigenvalue weighted by atomic mass is 32.1. The quantitative estimate of drug-likeness (QED) is 0.168. The van der Waals surface area contributed by atoms with Gasteiger partial charge in [-0.15, -0.1) is 0 Å². The highest BCUT2D eigenvalue weighted by Gasteiger charge is 2.45. The third-order valence-corrected chi connectivity index (χ3v) is 11.0. The number of fused-ring (bicyclic) bond motifs is 3. The number of nitrogens with one attached hydrogen (secondary N) is 1. The number of anilines is 2. The number of alkyl halides is 3. The lowest BCUT2D eigenvalue weighted by Crippen LogP contribution is -2.43. The van der Waals surface area contributed by atoms with Crippen molar-refractivity contribution in [1.82, 2.24) is 14.8 Å². The van der Waals surface area contributed by atoms with Gasteiger partial charge in [-0.1, -0.05) is 11.3 Å². The summed E-state index contributed by atoms with van der Waals surface area (Å²) in [5, 5.41) is 7.21. The number of nitrogens with two attached hydrogens (primary N) is 1. The number of hydrogen-bond acceptors (Lipinski definition) is 8. The second-order valence-electron chi connectivity index (χ2n) is 12.7. The van der Waals surface area contributed by atoms with Crippen LogP contribution in [0.3, 0.4) is 0 Å². The van der Waals surface area contributed by atoms with Gasteiger partial charge in [-0.05, 0) is 69.5 Å². The van der Waals surface area contributed by atoms with E-state index in [1.165, 1.54) is 11.0 Å². The monoisotopic (exact) mass is 672 g/mol. The molecule has 3 aliphatic heterocycles. The second-order valence-corrected chi connectivity index (χ2v) is 13.7. The fourth-order valence-corrected chi connectivity index (χ4v) is 8.46. The standard InChI is InChI=1S/C33H33F5N6O2S/c1-42(18-6-11-43(16-18)26(45)15-39)25-13-19(46-17-32-7-2-9-44(32)10-3-8-32)12-22-21(25)14-23(33(36,37)38)27(28(22)35)20-4-5-24(34)30-29(20)41-31(40)47-30/h4-5,12-15,18,39H,2-3,6-11,16-17H2,1H3,(H2,40,41)/t18-/m1/s1. The lowest BCUT2D eigenvalue weighted by Gasteiger charge is -2.32. The summed E-state index contributed by atoms with van der Waals surface area (Å²) in [5.74, 6) is -2.00. The van der Waals surface area contributed by atoms with Crippen LogP contribution in [0, 0.1) is 17.0 Å². The minimum atomic E-state index is -4.98. The van der Waals surface area contributed by atoms with Crippen molar-refractivity contribution in [3.05, 3.63) is 47.5 Å². The van der Waals surface area contributed by atoms with Gasteiger partial charge in [0.2, 0.25) is 0 Å². The maximum Gasteiger partial charge on any atom is 0.417 e. The molecular formula is C33H33F5N6O2S. The Bertz CT molecular complexity index is 1900. The average molecular weight is 673 g/mol. The Morgan fingerprint density at radius 1 is 1.17 bits per heavy atom. The minimum Gasteiger partial charge on any atom is -0.492 e. The zero-order valence-electron chi connectivity index (χ0n) is 25.6. The molecule has 3 aliphatic rings. The van der Waals surface area contributed by atoms with Crippen LogP contribution < -0.4 is 15.4 Å². The van der Waals surface area contributed by atoms with Crippen molar-refractivity contribution in [1.29, 1.82) is 5.41 Å². The largest absolute Gasteiger partial charge is 0.492 e. The molecule has 0 aliphatic carbocycles. The first-order valence-corrected chi connectivity index (χ1v) is 16.3. The van der Waals surface area contributed by atoms with E-state index in [0.29, 0.717) is 31.0 Å². The van der Waals surface area contributed by atoms with Crippen molar-refractivity contribution >= 4 is 55.3 Å². The molecule has 8 nitrogen and oxygen atoms in total. The van der Waals surface area contributed by atoms with Gasteiger partial charge in [0.1, 0.15) is 24.0 Å². The SMILES string of the molecule is CN(c1cc(OCC23CCCN2CCC3)cc2c(F)c(-c3ccc(F)c4sc(N)nc34)c(C(F)(F)F)cc12)[C@@H]1CCN(C(=O)C=N)C1. The van der Waals surface area contributed by atoms with Crippen molar-refractivity contribution in [3.8, 4) is 16.9 Å². The number of thiazole rings is 1. The van der Waals surface area contributed by atoms with Gasteiger partial charge in [0.05, 0.1) is 27.5 Å². The van der Waals surface area contributed by atoms with Crippen LogP contribution in [0.1, 0.15) is 37.7 Å². The number of likely N-dealkylation sites (tertiary alicyclic amines) is 1. The topological polar surface area (TPSA) is 98.8 Å². The average Bonchev–Trinajstić information content (AvgIpc) is 3.83. The van der Waals surface area contributed by atoms with Gasteiger partial charge in [-0.3, -0.25) is 9.69 Å². The molecule has 4 heterocycles. The van der Waals surface area contributed by atoms with Crippen LogP contribution in [-0.4, -0.2) is 78.3 Å². The maximum atomic E-state index is 16.9. The molecular weight excluding hydrogens is 639 g/mol. The number of aromatic nitrogens is 1. The van der Waals surface area contributed by atoms with Crippen LogP contribution in [0.4, 0.5) is 32.8 Å². The van der Waals surface area contributed by atoms with E-state index in [4.69, 9.17) is 15.9 Å². The summed E-state index contributed by atoms with van der Waals surface area (Å²) in [7, 11) is 1.70. The Labute approximate surface area is 271 Å². The first-order chi connectivity index (χ1) is 22.4. The zero-order chi connectivity index (χ0) is 33.2. The van der Waals surface area contributed by atoms with E-state index in [2.05, 4.69) is 9.88 Å². The van der Waals surface area contributed by atoms with Crippen molar-refractivity contribution in [3.63, 3.8) is 0 Å². The van der Waals surface area contributed by atoms with E-state index in [-0.39, 0.29) is 49.8 Å². The molecule has 3 saturated heterocycles. The molecule has 4 aromatic rings. The summed E-state index contributed by atoms with van der Waals surface area (Å²) in [6.45, 7) is 2.94. The van der Waals surface area contributed by atoms with Gasteiger partial charge in [0, 0.05) is 59.8 Å². The van der Waals surface area contributed by atoms with Crippen LogP contribution in [-0.2, 0) is 11.0 Å². The summed E-state index contributed by atoms with van der Waals surface area (Å²) in [6, 6.07) is 5.80. The zero-order valence-corrected chi connectivity index (χ0v) is 26.4. The molecule has 1 aromatic heterocycles. The number of carbonyl (C=O) groups excluding carboxylic acids is 1. The molecule has 0 unspecified atom stereocenters. The smallest absolute Gasteiger partial charge is 0.417 e. The summed E-state index contributed by atoms with van der Waals surface area (Å²) in [6.07, 6.45) is 0.294. The van der Waals surface area contributed by atoms with Crippen LogP contribution in [0.15, 0.2) is 30.3 Å². The van der Waals surface area contributed by atoms with E-state index in [1.807, 2.05) is 0 Å². The number of rotatable bonds is 7. The molecule has 0 saturated carbocycles. The molecule has 7 rings (SSSR count).